The van der Waals surface area contributed by atoms with E-state index in [4.69, 9.17) is 0 Å². The number of ether oxygens (including phenoxy) is 2. The molecule has 0 saturated heterocycles. The van der Waals surface area contributed by atoms with Crippen molar-refractivity contribution in [3.05, 3.63) is 46.2 Å². The Bertz CT molecular complexity index is 710. The maximum absolute atomic E-state index is 12.1. The Morgan fingerprint density at radius 2 is 1.78 bits per heavy atom. The number of methoxy groups -OCH3 is 1. The molecule has 0 bridgehead atoms. The molecular formula is C14H10F3NO4S. The van der Waals surface area contributed by atoms with Crippen LogP contribution in [-0.2, 0) is 4.74 Å². The van der Waals surface area contributed by atoms with E-state index in [0.29, 0.717) is 0 Å². The van der Waals surface area contributed by atoms with E-state index in [0.717, 1.165) is 23.5 Å². The van der Waals surface area contributed by atoms with E-state index in [1.807, 2.05) is 0 Å². The van der Waals surface area contributed by atoms with Gasteiger partial charge in [0, 0.05) is 5.56 Å². The van der Waals surface area contributed by atoms with E-state index >= 15 is 0 Å². The summed E-state index contributed by atoms with van der Waals surface area (Å²) < 4.78 is 44.5. The number of hydrogen-bond acceptors (Lipinski definition) is 5. The second-order valence-corrected chi connectivity index (χ2v) is 5.10. The van der Waals surface area contributed by atoms with Crippen molar-refractivity contribution >= 4 is 28.9 Å². The van der Waals surface area contributed by atoms with Crippen molar-refractivity contribution in [3.8, 4) is 5.75 Å². The summed E-state index contributed by atoms with van der Waals surface area (Å²) in [4.78, 5) is 23.8. The lowest BCUT2D eigenvalue weighted by molar-refractivity contribution is -0.274. The van der Waals surface area contributed by atoms with Crippen LogP contribution in [0.3, 0.4) is 0 Å². The predicted octanol–water partition coefficient (Wildman–Crippen LogP) is 3.69. The highest BCUT2D eigenvalue weighted by Gasteiger charge is 2.31. The van der Waals surface area contributed by atoms with Crippen molar-refractivity contribution in [2.75, 3.05) is 12.4 Å². The molecule has 0 unspecified atom stereocenters. The minimum atomic E-state index is -4.80. The monoisotopic (exact) mass is 345 g/mol. The van der Waals surface area contributed by atoms with Crippen molar-refractivity contribution in [1.29, 1.82) is 0 Å². The molecule has 2 rings (SSSR count). The van der Waals surface area contributed by atoms with E-state index in [-0.39, 0.29) is 16.1 Å². The largest absolute Gasteiger partial charge is 0.573 e. The number of amides is 1. The summed E-state index contributed by atoms with van der Waals surface area (Å²) in [7, 11) is 1.22. The highest BCUT2D eigenvalue weighted by molar-refractivity contribution is 7.12. The predicted molar refractivity (Wildman–Crippen MR) is 76.7 cm³/mol. The van der Waals surface area contributed by atoms with Crippen molar-refractivity contribution in [3.63, 3.8) is 0 Å². The van der Waals surface area contributed by atoms with Crippen LogP contribution in [0.2, 0.25) is 0 Å². The first-order valence-electron chi connectivity index (χ1n) is 6.13. The summed E-state index contributed by atoms with van der Waals surface area (Å²) in [5.74, 6) is -1.60. The number of esters is 1. The fourth-order valence-electron chi connectivity index (χ4n) is 1.66. The van der Waals surface area contributed by atoms with Crippen LogP contribution in [-0.4, -0.2) is 25.3 Å². The van der Waals surface area contributed by atoms with Gasteiger partial charge in [-0.15, -0.1) is 24.5 Å². The average Bonchev–Trinajstić information content (AvgIpc) is 2.93. The molecule has 0 fully saturated rings. The van der Waals surface area contributed by atoms with Crippen LogP contribution in [0.5, 0.6) is 5.75 Å². The number of thiophene rings is 1. The van der Waals surface area contributed by atoms with Gasteiger partial charge in [0.25, 0.3) is 5.91 Å². The molecule has 1 aromatic heterocycles. The van der Waals surface area contributed by atoms with Gasteiger partial charge < -0.3 is 14.8 Å². The Morgan fingerprint density at radius 1 is 1.13 bits per heavy atom. The van der Waals surface area contributed by atoms with Crippen LogP contribution < -0.4 is 10.1 Å². The molecular weight excluding hydrogens is 335 g/mol. The second-order valence-electron chi connectivity index (χ2n) is 4.18. The molecule has 0 aliphatic carbocycles. The molecule has 2 aromatic rings. The van der Waals surface area contributed by atoms with E-state index < -0.39 is 24.0 Å². The third-order valence-electron chi connectivity index (χ3n) is 2.63. The Kier molecular flexibility index (Phi) is 4.89. The first-order valence-corrected chi connectivity index (χ1v) is 7.01. The third-order valence-corrected chi connectivity index (χ3v) is 3.53. The number of nitrogens with one attached hydrogen (secondary N) is 1. The van der Waals surface area contributed by atoms with Gasteiger partial charge in [0.1, 0.15) is 10.6 Å². The molecule has 5 nitrogen and oxygen atoms in total. The normalized spacial score (nSPS) is 11.0. The summed E-state index contributed by atoms with van der Waals surface area (Å²) in [6, 6.07) is 5.94. The number of halogens is 3. The number of carbonyl (C=O) groups is 2. The van der Waals surface area contributed by atoms with Crippen LogP contribution in [0.25, 0.3) is 0 Å². The molecule has 9 heteroatoms. The first-order chi connectivity index (χ1) is 10.8. The SMILES string of the molecule is COC(=O)c1sccc1NC(=O)c1ccc(OC(F)(F)F)cc1. The van der Waals surface area contributed by atoms with Gasteiger partial charge in [-0.05, 0) is 35.7 Å². The minimum absolute atomic E-state index is 0.113. The topological polar surface area (TPSA) is 64.6 Å². The van der Waals surface area contributed by atoms with E-state index in [1.54, 1.807) is 5.38 Å². The van der Waals surface area contributed by atoms with Gasteiger partial charge in [-0.1, -0.05) is 0 Å². The fourth-order valence-corrected chi connectivity index (χ4v) is 2.43. The van der Waals surface area contributed by atoms with Gasteiger partial charge in [-0.3, -0.25) is 4.79 Å². The number of hydrogen-bond donors (Lipinski definition) is 1. The molecule has 0 aliphatic heterocycles. The average molecular weight is 345 g/mol. The van der Waals surface area contributed by atoms with Crippen LogP contribution >= 0.6 is 11.3 Å². The highest BCUT2D eigenvalue weighted by Crippen LogP contribution is 2.25. The van der Waals surface area contributed by atoms with Crippen LogP contribution in [0.1, 0.15) is 20.0 Å². The van der Waals surface area contributed by atoms with Crippen LogP contribution in [0.15, 0.2) is 35.7 Å². The third kappa shape index (κ3) is 4.46. The highest BCUT2D eigenvalue weighted by atomic mass is 32.1. The molecule has 122 valence electrons. The van der Waals surface area contributed by atoms with Gasteiger partial charge >= 0.3 is 12.3 Å². The first kappa shape index (κ1) is 16.8. The second kappa shape index (κ2) is 6.69. The Labute approximate surface area is 132 Å². The van der Waals surface area contributed by atoms with Crippen molar-refractivity contribution in [1.82, 2.24) is 0 Å². The van der Waals surface area contributed by atoms with E-state index in [2.05, 4.69) is 14.8 Å². The lowest BCUT2D eigenvalue weighted by Gasteiger charge is -2.09. The summed E-state index contributed by atoms with van der Waals surface area (Å²) in [6.45, 7) is 0. The molecule has 0 atom stereocenters. The standard InChI is InChI=1S/C14H10F3NO4S/c1-21-13(20)11-10(6-7-23-11)18-12(19)8-2-4-9(5-3-8)22-14(15,16)17/h2-7H,1H3,(H,18,19). The van der Waals surface area contributed by atoms with Crippen molar-refractivity contribution in [2.24, 2.45) is 0 Å². The zero-order valence-electron chi connectivity index (χ0n) is 11.6. The molecule has 0 aliphatic rings. The summed E-state index contributed by atoms with van der Waals surface area (Å²) in [5, 5.41) is 4.10. The smallest absolute Gasteiger partial charge is 0.465 e. The van der Waals surface area contributed by atoms with Crippen molar-refractivity contribution < 1.29 is 32.2 Å². The van der Waals surface area contributed by atoms with Crippen LogP contribution in [0.4, 0.5) is 18.9 Å². The van der Waals surface area contributed by atoms with Crippen LogP contribution in [0, 0.1) is 0 Å². The summed E-state index contributed by atoms with van der Waals surface area (Å²) in [5.41, 5.74) is 0.379. The number of rotatable bonds is 4. The molecule has 1 N–H and O–H groups in total. The number of carbonyl (C=O) groups excluding carboxylic acids is 2. The van der Waals surface area contributed by atoms with E-state index in [9.17, 15) is 22.8 Å². The number of anilines is 1. The fraction of sp³-hybridized carbons (Fsp3) is 0.143. The van der Waals surface area contributed by atoms with Gasteiger partial charge in [0.2, 0.25) is 0 Å². The molecule has 1 heterocycles. The van der Waals surface area contributed by atoms with Crippen molar-refractivity contribution in [2.45, 2.75) is 6.36 Å². The molecule has 1 amide bonds. The molecule has 0 radical (unpaired) electrons. The molecule has 0 saturated carbocycles. The quantitative estimate of drug-likeness (QED) is 0.859. The zero-order chi connectivity index (χ0) is 17.0. The van der Waals surface area contributed by atoms with Gasteiger partial charge in [-0.25, -0.2) is 4.79 Å². The maximum atomic E-state index is 12.1. The molecule has 1 aromatic carbocycles. The minimum Gasteiger partial charge on any atom is -0.465 e. The number of benzene rings is 1. The Balaban J connectivity index is 2.10. The zero-order valence-corrected chi connectivity index (χ0v) is 12.5. The van der Waals surface area contributed by atoms with E-state index in [1.165, 1.54) is 25.3 Å². The van der Waals surface area contributed by atoms with Gasteiger partial charge in [0.15, 0.2) is 0 Å². The molecule has 23 heavy (non-hydrogen) atoms. The lowest BCUT2D eigenvalue weighted by atomic mass is 10.2. The molecule has 0 spiro atoms. The summed E-state index contributed by atoms with van der Waals surface area (Å²) >= 11 is 1.09. The Morgan fingerprint density at radius 3 is 2.35 bits per heavy atom. The van der Waals surface area contributed by atoms with Gasteiger partial charge in [0.05, 0.1) is 12.8 Å². The Hall–Kier alpha value is -2.55. The lowest BCUT2D eigenvalue weighted by Crippen LogP contribution is -2.17. The summed E-state index contributed by atoms with van der Waals surface area (Å²) in [6.07, 6.45) is -4.80. The van der Waals surface area contributed by atoms with Gasteiger partial charge in [-0.2, -0.15) is 0 Å². The maximum Gasteiger partial charge on any atom is 0.573 e. The number of alkyl halides is 3.